The summed E-state index contributed by atoms with van der Waals surface area (Å²) in [5.74, 6) is 0.656. The molecule has 9 heteroatoms. The monoisotopic (exact) mass is 473 g/mol. The molecule has 1 heterocycles. The van der Waals surface area contributed by atoms with Crippen molar-refractivity contribution in [2.24, 2.45) is 0 Å². The second-order valence-electron chi connectivity index (χ2n) is 7.77. The van der Waals surface area contributed by atoms with Gasteiger partial charge < -0.3 is 19.7 Å². The SMILES string of the molecule is CC1Oc2cc(NC(=O)/C=C/c3ccc([N+](=O)[O-])cc3)ccc2N(CCOc2ccccc2)C1=O. The van der Waals surface area contributed by atoms with Crippen molar-refractivity contribution in [2.45, 2.75) is 13.0 Å². The molecular weight excluding hydrogens is 450 g/mol. The number of rotatable bonds is 8. The number of nitro benzene ring substituents is 1. The van der Waals surface area contributed by atoms with Gasteiger partial charge in [0.2, 0.25) is 5.91 Å². The first kappa shape index (κ1) is 23.5. The van der Waals surface area contributed by atoms with E-state index in [4.69, 9.17) is 9.47 Å². The summed E-state index contributed by atoms with van der Waals surface area (Å²) in [7, 11) is 0. The molecule has 0 aliphatic carbocycles. The molecule has 1 unspecified atom stereocenters. The van der Waals surface area contributed by atoms with E-state index in [0.717, 1.165) is 5.75 Å². The van der Waals surface area contributed by atoms with Gasteiger partial charge in [0.05, 0.1) is 17.2 Å². The zero-order valence-electron chi connectivity index (χ0n) is 18.9. The van der Waals surface area contributed by atoms with E-state index in [1.165, 1.54) is 18.2 Å². The van der Waals surface area contributed by atoms with Gasteiger partial charge in [-0.15, -0.1) is 0 Å². The third-order valence-electron chi connectivity index (χ3n) is 5.29. The van der Waals surface area contributed by atoms with Gasteiger partial charge in [0.15, 0.2) is 6.10 Å². The number of nitro groups is 1. The maximum atomic E-state index is 12.7. The highest BCUT2D eigenvalue weighted by atomic mass is 16.6. The Morgan fingerprint density at radius 1 is 1.14 bits per heavy atom. The number of benzene rings is 3. The molecule has 9 nitrogen and oxygen atoms in total. The number of anilines is 2. The maximum Gasteiger partial charge on any atom is 0.269 e. The Morgan fingerprint density at radius 2 is 1.89 bits per heavy atom. The molecule has 178 valence electrons. The summed E-state index contributed by atoms with van der Waals surface area (Å²) in [5, 5.41) is 13.5. The number of nitrogens with zero attached hydrogens (tertiary/aromatic N) is 2. The predicted octanol–water partition coefficient (Wildman–Crippen LogP) is 4.44. The van der Waals surface area contributed by atoms with Crippen molar-refractivity contribution in [1.29, 1.82) is 0 Å². The van der Waals surface area contributed by atoms with Crippen molar-refractivity contribution < 1.29 is 24.0 Å². The van der Waals surface area contributed by atoms with E-state index in [0.29, 0.717) is 35.8 Å². The van der Waals surface area contributed by atoms with Crippen LogP contribution >= 0.6 is 0 Å². The van der Waals surface area contributed by atoms with Crippen LogP contribution in [0.1, 0.15) is 12.5 Å². The zero-order valence-corrected chi connectivity index (χ0v) is 18.9. The molecule has 1 N–H and O–H groups in total. The molecule has 3 aromatic carbocycles. The standard InChI is InChI=1S/C26H23N3O6/c1-18-26(31)28(15-16-34-22-5-3-2-4-6-22)23-13-10-20(17-24(23)35-18)27-25(30)14-9-19-7-11-21(12-8-19)29(32)33/h2-14,17-18H,15-16H2,1H3,(H,27,30)/b14-9+. The fourth-order valence-electron chi connectivity index (χ4n) is 3.55. The molecule has 35 heavy (non-hydrogen) atoms. The van der Waals surface area contributed by atoms with Crippen LogP contribution in [0, 0.1) is 10.1 Å². The van der Waals surface area contributed by atoms with Crippen LogP contribution < -0.4 is 19.7 Å². The summed E-state index contributed by atoms with van der Waals surface area (Å²) >= 11 is 0. The number of para-hydroxylation sites is 1. The van der Waals surface area contributed by atoms with Gasteiger partial charge in [-0.2, -0.15) is 0 Å². The van der Waals surface area contributed by atoms with Crippen LogP contribution in [0.3, 0.4) is 0 Å². The zero-order chi connectivity index (χ0) is 24.8. The molecule has 0 bridgehead atoms. The van der Waals surface area contributed by atoms with E-state index < -0.39 is 11.0 Å². The first-order valence-electron chi connectivity index (χ1n) is 10.9. The van der Waals surface area contributed by atoms with Crippen LogP contribution in [-0.2, 0) is 9.59 Å². The van der Waals surface area contributed by atoms with Crippen molar-refractivity contribution in [3.05, 3.63) is 94.6 Å². The Kier molecular flexibility index (Phi) is 7.06. The molecule has 2 amide bonds. The van der Waals surface area contributed by atoms with Gasteiger partial charge in [-0.05, 0) is 55.0 Å². The number of fused-ring (bicyclic) bond motifs is 1. The average molecular weight is 473 g/mol. The first-order valence-corrected chi connectivity index (χ1v) is 10.9. The lowest BCUT2D eigenvalue weighted by atomic mass is 10.1. The minimum Gasteiger partial charge on any atom is -0.492 e. The number of carbonyl (C=O) groups is 2. The molecule has 1 aliphatic heterocycles. The maximum absolute atomic E-state index is 12.7. The Balaban J connectivity index is 1.41. The van der Waals surface area contributed by atoms with Crippen molar-refractivity contribution in [3.8, 4) is 11.5 Å². The summed E-state index contributed by atoms with van der Waals surface area (Å²) in [6.45, 7) is 2.33. The summed E-state index contributed by atoms with van der Waals surface area (Å²) in [4.78, 5) is 36.9. The molecule has 0 radical (unpaired) electrons. The van der Waals surface area contributed by atoms with Gasteiger partial charge >= 0.3 is 0 Å². The lowest BCUT2D eigenvalue weighted by Crippen LogP contribution is -2.46. The lowest BCUT2D eigenvalue weighted by Gasteiger charge is -2.33. The quantitative estimate of drug-likeness (QED) is 0.294. The summed E-state index contributed by atoms with van der Waals surface area (Å²) in [5.41, 5.74) is 1.74. The molecular formula is C26H23N3O6. The fraction of sp³-hybridized carbons (Fsp3) is 0.154. The number of amides is 2. The predicted molar refractivity (Wildman–Crippen MR) is 132 cm³/mol. The normalized spacial score (nSPS) is 14.8. The summed E-state index contributed by atoms with van der Waals surface area (Å²) in [6, 6.07) is 20.3. The van der Waals surface area contributed by atoms with E-state index in [-0.39, 0.29) is 17.5 Å². The van der Waals surface area contributed by atoms with Crippen LogP contribution in [0.25, 0.3) is 6.08 Å². The third-order valence-corrected chi connectivity index (χ3v) is 5.29. The number of ether oxygens (including phenoxy) is 2. The molecule has 0 saturated heterocycles. The van der Waals surface area contributed by atoms with Crippen molar-refractivity contribution >= 4 is 35.0 Å². The Labute approximate surface area is 201 Å². The van der Waals surface area contributed by atoms with Crippen LogP contribution in [-0.4, -0.2) is 36.0 Å². The molecule has 0 aromatic heterocycles. The average Bonchev–Trinajstić information content (AvgIpc) is 2.86. The van der Waals surface area contributed by atoms with Crippen LogP contribution in [0.15, 0.2) is 78.9 Å². The molecule has 4 rings (SSSR count). The van der Waals surface area contributed by atoms with Crippen LogP contribution in [0.2, 0.25) is 0 Å². The highest BCUT2D eigenvalue weighted by Gasteiger charge is 2.31. The Bertz CT molecular complexity index is 1260. The molecule has 0 spiro atoms. The number of hydrogen-bond donors (Lipinski definition) is 1. The number of non-ortho nitro benzene ring substituents is 1. The minimum atomic E-state index is -0.674. The van der Waals surface area contributed by atoms with Gasteiger partial charge in [0, 0.05) is 30.0 Å². The van der Waals surface area contributed by atoms with E-state index in [9.17, 15) is 19.7 Å². The highest BCUT2D eigenvalue weighted by Crippen LogP contribution is 2.36. The van der Waals surface area contributed by atoms with E-state index in [1.54, 1.807) is 48.2 Å². The highest BCUT2D eigenvalue weighted by molar-refractivity contribution is 6.03. The molecule has 0 fully saturated rings. The second-order valence-corrected chi connectivity index (χ2v) is 7.77. The largest absolute Gasteiger partial charge is 0.492 e. The smallest absolute Gasteiger partial charge is 0.269 e. The van der Waals surface area contributed by atoms with Gasteiger partial charge in [0.1, 0.15) is 18.1 Å². The molecule has 1 atom stereocenters. The second kappa shape index (κ2) is 10.5. The third kappa shape index (κ3) is 5.83. The van der Waals surface area contributed by atoms with E-state index in [2.05, 4.69) is 5.32 Å². The number of carbonyl (C=O) groups excluding carboxylic acids is 2. The topological polar surface area (TPSA) is 111 Å². The minimum absolute atomic E-state index is 0.0194. The van der Waals surface area contributed by atoms with Gasteiger partial charge in [-0.25, -0.2) is 0 Å². The number of hydrogen-bond acceptors (Lipinski definition) is 6. The van der Waals surface area contributed by atoms with Crippen LogP contribution in [0.5, 0.6) is 11.5 Å². The summed E-state index contributed by atoms with van der Waals surface area (Å²) in [6.07, 6.45) is 2.22. The first-order chi connectivity index (χ1) is 16.9. The Hall–Kier alpha value is -4.66. The Morgan fingerprint density at radius 3 is 2.60 bits per heavy atom. The molecule has 3 aromatic rings. The van der Waals surface area contributed by atoms with Gasteiger partial charge in [-0.1, -0.05) is 18.2 Å². The summed E-state index contributed by atoms with van der Waals surface area (Å²) < 4.78 is 11.5. The van der Waals surface area contributed by atoms with Gasteiger partial charge in [-0.3, -0.25) is 19.7 Å². The lowest BCUT2D eigenvalue weighted by molar-refractivity contribution is -0.384. The van der Waals surface area contributed by atoms with Crippen LogP contribution in [0.4, 0.5) is 17.1 Å². The fourth-order valence-corrected chi connectivity index (χ4v) is 3.55. The van der Waals surface area contributed by atoms with Crippen molar-refractivity contribution in [3.63, 3.8) is 0 Å². The van der Waals surface area contributed by atoms with Gasteiger partial charge in [0.25, 0.3) is 11.6 Å². The molecule has 1 aliphatic rings. The number of nitrogens with one attached hydrogen (secondary N) is 1. The van der Waals surface area contributed by atoms with Crippen molar-refractivity contribution in [2.75, 3.05) is 23.4 Å². The molecule has 0 saturated carbocycles. The van der Waals surface area contributed by atoms with E-state index >= 15 is 0 Å². The van der Waals surface area contributed by atoms with Crippen molar-refractivity contribution in [1.82, 2.24) is 0 Å². The van der Waals surface area contributed by atoms with E-state index in [1.807, 2.05) is 30.3 Å².